The van der Waals surface area contributed by atoms with Gasteiger partial charge in [-0.2, -0.15) is 0 Å². The zero-order chi connectivity index (χ0) is 11.4. The summed E-state index contributed by atoms with van der Waals surface area (Å²) in [5.41, 5.74) is 3.14. The highest BCUT2D eigenvalue weighted by Crippen LogP contribution is 2.30. The SMILES string of the molecule is CC1CC=C(CCc2ccccc2)CC1C. The molecule has 0 N–H and O–H groups in total. The Kier molecular flexibility index (Phi) is 3.82. The lowest BCUT2D eigenvalue weighted by molar-refractivity contribution is 0.365. The van der Waals surface area contributed by atoms with E-state index >= 15 is 0 Å². The van der Waals surface area contributed by atoms with Crippen LogP contribution in [0.2, 0.25) is 0 Å². The lowest BCUT2D eigenvalue weighted by Crippen LogP contribution is -2.13. The van der Waals surface area contributed by atoms with E-state index in [0.29, 0.717) is 0 Å². The van der Waals surface area contributed by atoms with E-state index in [1.807, 2.05) is 0 Å². The van der Waals surface area contributed by atoms with Crippen molar-refractivity contribution < 1.29 is 0 Å². The van der Waals surface area contributed by atoms with E-state index in [0.717, 1.165) is 11.8 Å². The lowest BCUT2D eigenvalue weighted by atomic mass is 9.80. The van der Waals surface area contributed by atoms with Crippen molar-refractivity contribution in [2.75, 3.05) is 0 Å². The third-order valence-electron chi connectivity index (χ3n) is 3.91. The van der Waals surface area contributed by atoms with E-state index < -0.39 is 0 Å². The highest BCUT2D eigenvalue weighted by Gasteiger charge is 2.17. The van der Waals surface area contributed by atoms with Crippen molar-refractivity contribution in [3.63, 3.8) is 0 Å². The van der Waals surface area contributed by atoms with Gasteiger partial charge in [-0.3, -0.25) is 0 Å². The molecule has 0 aliphatic heterocycles. The van der Waals surface area contributed by atoms with Crippen LogP contribution in [0.25, 0.3) is 0 Å². The standard InChI is InChI=1S/C16H22/c1-13-8-9-16(12-14(13)2)11-10-15-6-4-3-5-7-15/h3-7,9,13-14H,8,10-12H2,1-2H3. The van der Waals surface area contributed by atoms with Crippen LogP contribution in [0.15, 0.2) is 42.0 Å². The summed E-state index contributed by atoms with van der Waals surface area (Å²) in [5, 5.41) is 0. The number of benzene rings is 1. The molecule has 16 heavy (non-hydrogen) atoms. The molecule has 1 aliphatic carbocycles. The van der Waals surface area contributed by atoms with Crippen LogP contribution in [0.3, 0.4) is 0 Å². The molecule has 0 aromatic heterocycles. The first-order chi connectivity index (χ1) is 7.75. The maximum atomic E-state index is 2.48. The Hall–Kier alpha value is -1.04. The normalized spacial score (nSPS) is 25.2. The summed E-state index contributed by atoms with van der Waals surface area (Å²) < 4.78 is 0. The Bertz CT molecular complexity index is 348. The fraction of sp³-hybridized carbons (Fsp3) is 0.500. The molecule has 2 unspecified atom stereocenters. The van der Waals surface area contributed by atoms with E-state index in [-0.39, 0.29) is 0 Å². The third-order valence-corrected chi connectivity index (χ3v) is 3.91. The molecular formula is C16H22. The van der Waals surface area contributed by atoms with Crippen LogP contribution in [0.4, 0.5) is 0 Å². The molecule has 0 saturated carbocycles. The Morgan fingerprint density at radius 2 is 1.75 bits per heavy atom. The summed E-state index contributed by atoms with van der Waals surface area (Å²) in [6.45, 7) is 4.76. The van der Waals surface area contributed by atoms with E-state index in [9.17, 15) is 0 Å². The van der Waals surface area contributed by atoms with Crippen LogP contribution in [-0.2, 0) is 6.42 Å². The van der Waals surface area contributed by atoms with Crippen LogP contribution in [-0.4, -0.2) is 0 Å². The molecule has 0 amide bonds. The van der Waals surface area contributed by atoms with Crippen molar-refractivity contribution in [1.82, 2.24) is 0 Å². The molecule has 0 spiro atoms. The van der Waals surface area contributed by atoms with Crippen molar-refractivity contribution in [1.29, 1.82) is 0 Å². The molecule has 1 aromatic rings. The fourth-order valence-electron chi connectivity index (χ4n) is 2.44. The summed E-state index contributed by atoms with van der Waals surface area (Å²) in [4.78, 5) is 0. The smallest absolute Gasteiger partial charge is 0.0241 e. The molecule has 1 aliphatic rings. The van der Waals surface area contributed by atoms with Crippen LogP contribution in [0.1, 0.15) is 38.7 Å². The Morgan fingerprint density at radius 3 is 2.44 bits per heavy atom. The second kappa shape index (κ2) is 5.34. The van der Waals surface area contributed by atoms with Gasteiger partial charge in [0.15, 0.2) is 0 Å². The van der Waals surface area contributed by atoms with Crippen molar-refractivity contribution in [3.05, 3.63) is 47.5 Å². The van der Waals surface area contributed by atoms with Crippen LogP contribution in [0.5, 0.6) is 0 Å². The van der Waals surface area contributed by atoms with Gasteiger partial charge in [-0.05, 0) is 43.1 Å². The highest BCUT2D eigenvalue weighted by molar-refractivity contribution is 5.17. The van der Waals surface area contributed by atoms with Gasteiger partial charge in [0.2, 0.25) is 0 Å². The average Bonchev–Trinajstić information content (AvgIpc) is 2.32. The largest absolute Gasteiger partial charge is 0.0850 e. The molecule has 2 rings (SSSR count). The second-order valence-corrected chi connectivity index (χ2v) is 5.24. The lowest BCUT2D eigenvalue weighted by Gasteiger charge is -2.25. The summed E-state index contributed by atoms with van der Waals surface area (Å²) >= 11 is 0. The van der Waals surface area contributed by atoms with Gasteiger partial charge in [-0.1, -0.05) is 55.8 Å². The maximum absolute atomic E-state index is 2.48. The minimum Gasteiger partial charge on any atom is -0.0850 e. The Balaban J connectivity index is 1.87. The molecule has 0 fully saturated rings. The molecule has 86 valence electrons. The number of rotatable bonds is 3. The van der Waals surface area contributed by atoms with Crippen LogP contribution < -0.4 is 0 Å². The van der Waals surface area contributed by atoms with E-state index in [2.05, 4.69) is 50.3 Å². The summed E-state index contributed by atoms with van der Waals surface area (Å²) in [7, 11) is 0. The second-order valence-electron chi connectivity index (χ2n) is 5.24. The molecule has 0 bridgehead atoms. The summed E-state index contributed by atoms with van der Waals surface area (Å²) in [6, 6.07) is 10.8. The predicted molar refractivity (Wildman–Crippen MR) is 70.4 cm³/mol. The number of aryl methyl sites for hydroxylation is 1. The Labute approximate surface area is 99.4 Å². The van der Waals surface area contributed by atoms with Gasteiger partial charge in [-0.15, -0.1) is 0 Å². The van der Waals surface area contributed by atoms with Gasteiger partial charge in [-0.25, -0.2) is 0 Å². The van der Waals surface area contributed by atoms with Gasteiger partial charge in [0.05, 0.1) is 0 Å². The number of hydrogen-bond acceptors (Lipinski definition) is 0. The molecule has 0 heteroatoms. The molecule has 2 atom stereocenters. The Morgan fingerprint density at radius 1 is 1.00 bits per heavy atom. The van der Waals surface area contributed by atoms with E-state index in [1.165, 1.54) is 31.2 Å². The maximum Gasteiger partial charge on any atom is -0.0241 e. The van der Waals surface area contributed by atoms with Gasteiger partial charge >= 0.3 is 0 Å². The van der Waals surface area contributed by atoms with E-state index in [1.54, 1.807) is 5.57 Å². The first-order valence-electron chi connectivity index (χ1n) is 6.47. The highest BCUT2D eigenvalue weighted by atomic mass is 14.2. The first kappa shape index (κ1) is 11.4. The molecular weight excluding hydrogens is 192 g/mol. The quantitative estimate of drug-likeness (QED) is 0.644. The molecule has 0 heterocycles. The fourth-order valence-corrected chi connectivity index (χ4v) is 2.44. The van der Waals surface area contributed by atoms with Crippen molar-refractivity contribution in [2.45, 2.75) is 39.5 Å². The third kappa shape index (κ3) is 2.98. The summed E-state index contributed by atoms with van der Waals surface area (Å²) in [5.74, 6) is 1.75. The van der Waals surface area contributed by atoms with Crippen LogP contribution >= 0.6 is 0 Å². The van der Waals surface area contributed by atoms with Gasteiger partial charge in [0.1, 0.15) is 0 Å². The average molecular weight is 214 g/mol. The molecule has 0 radical (unpaired) electrons. The van der Waals surface area contributed by atoms with Gasteiger partial charge < -0.3 is 0 Å². The van der Waals surface area contributed by atoms with E-state index in [4.69, 9.17) is 0 Å². The predicted octanol–water partition coefficient (Wildman–Crippen LogP) is 4.61. The zero-order valence-electron chi connectivity index (χ0n) is 10.4. The van der Waals surface area contributed by atoms with Crippen molar-refractivity contribution in [3.8, 4) is 0 Å². The van der Waals surface area contributed by atoms with Crippen molar-refractivity contribution in [2.24, 2.45) is 11.8 Å². The topological polar surface area (TPSA) is 0 Å². The molecule has 0 saturated heterocycles. The van der Waals surface area contributed by atoms with Crippen molar-refractivity contribution >= 4 is 0 Å². The molecule has 0 nitrogen and oxygen atoms in total. The zero-order valence-corrected chi connectivity index (χ0v) is 10.4. The first-order valence-corrected chi connectivity index (χ1v) is 6.47. The van der Waals surface area contributed by atoms with Gasteiger partial charge in [0, 0.05) is 0 Å². The number of allylic oxidation sites excluding steroid dienone is 2. The minimum atomic E-state index is 0.871. The van der Waals surface area contributed by atoms with Crippen LogP contribution in [0, 0.1) is 11.8 Å². The number of hydrogen-bond donors (Lipinski definition) is 0. The minimum absolute atomic E-state index is 0.871. The van der Waals surface area contributed by atoms with Gasteiger partial charge in [0.25, 0.3) is 0 Å². The monoisotopic (exact) mass is 214 g/mol. The molecule has 1 aromatic carbocycles. The summed E-state index contributed by atoms with van der Waals surface area (Å²) in [6.07, 6.45) is 7.53.